The molecule has 0 N–H and O–H groups in total. The van der Waals surface area contributed by atoms with Crippen molar-refractivity contribution in [2.24, 2.45) is 16.7 Å². The fourth-order valence-electron chi connectivity index (χ4n) is 4.65. The molecule has 1 atom stereocenters. The Morgan fingerprint density at radius 2 is 1.52 bits per heavy atom. The van der Waals surface area contributed by atoms with E-state index in [2.05, 4.69) is 67.5 Å². The highest BCUT2D eigenvalue weighted by molar-refractivity contribution is 5.89. The second-order valence-electron chi connectivity index (χ2n) is 11.6. The molecule has 1 saturated carbocycles. The second-order valence-corrected chi connectivity index (χ2v) is 11.6. The molecule has 0 saturated heterocycles. The maximum absolute atomic E-state index is 12.8. The molecule has 0 bridgehead atoms. The van der Waals surface area contributed by atoms with Crippen LogP contribution in [0.5, 0.6) is 0 Å². The molecule has 2 nitrogen and oxygen atoms in total. The monoisotopic (exact) mass is 400 g/mol. The highest BCUT2D eigenvalue weighted by atomic mass is 16.6. The fraction of sp³-hybridized carbons (Fsp3) is 0.741. The third-order valence-electron chi connectivity index (χ3n) is 7.25. The van der Waals surface area contributed by atoms with Crippen LogP contribution < -0.4 is 0 Å². The van der Waals surface area contributed by atoms with Crippen LogP contribution in [0.3, 0.4) is 0 Å². The molecule has 2 rings (SSSR count). The molecular formula is C27H44O2. The van der Waals surface area contributed by atoms with Gasteiger partial charge in [-0.3, -0.25) is 0 Å². The zero-order valence-corrected chi connectivity index (χ0v) is 20.2. The molecule has 1 aromatic carbocycles. The number of ether oxygens (including phenoxy) is 1. The lowest BCUT2D eigenvalue weighted by atomic mass is 9.68. The molecule has 0 aromatic heterocycles. The molecule has 164 valence electrons. The molecule has 0 radical (unpaired) electrons. The molecule has 0 heterocycles. The predicted octanol–water partition coefficient (Wildman–Crippen LogP) is 8.16. The highest BCUT2D eigenvalue weighted by Crippen LogP contribution is 2.44. The van der Waals surface area contributed by atoms with Crippen LogP contribution in [-0.2, 0) is 4.74 Å². The summed E-state index contributed by atoms with van der Waals surface area (Å²) >= 11 is 0. The van der Waals surface area contributed by atoms with Gasteiger partial charge in [-0.25, -0.2) is 4.79 Å². The molecule has 0 aliphatic heterocycles. The van der Waals surface area contributed by atoms with Gasteiger partial charge in [0.1, 0.15) is 5.60 Å². The first-order valence-electron chi connectivity index (χ1n) is 11.7. The minimum Gasteiger partial charge on any atom is -0.456 e. The van der Waals surface area contributed by atoms with E-state index in [0.717, 1.165) is 6.42 Å². The molecule has 1 aliphatic rings. The fourth-order valence-corrected chi connectivity index (χ4v) is 4.65. The summed E-state index contributed by atoms with van der Waals surface area (Å²) < 4.78 is 5.99. The van der Waals surface area contributed by atoms with Crippen molar-refractivity contribution < 1.29 is 9.53 Å². The average molecular weight is 401 g/mol. The van der Waals surface area contributed by atoms with Gasteiger partial charge in [0.2, 0.25) is 0 Å². The number of rotatable bonds is 7. The van der Waals surface area contributed by atoms with Gasteiger partial charge in [-0.05, 0) is 73.5 Å². The number of benzene rings is 1. The minimum absolute atomic E-state index is 0.178. The summed E-state index contributed by atoms with van der Waals surface area (Å²) in [6.45, 7) is 18.1. The van der Waals surface area contributed by atoms with E-state index in [0.29, 0.717) is 22.8 Å². The smallest absolute Gasteiger partial charge is 0.338 e. The van der Waals surface area contributed by atoms with Crippen molar-refractivity contribution in [2.75, 3.05) is 0 Å². The Hall–Kier alpha value is -1.31. The molecule has 0 spiro atoms. The van der Waals surface area contributed by atoms with E-state index in [-0.39, 0.29) is 11.4 Å². The van der Waals surface area contributed by atoms with E-state index in [9.17, 15) is 4.79 Å². The SMILES string of the molecule is CCC(C)(C)CC(c1ccc(C(=O)OC(C)(C)C2CCCCC2)cc1)C(C)(C)C. The number of hydrogen-bond donors (Lipinski definition) is 0. The number of hydrogen-bond acceptors (Lipinski definition) is 2. The van der Waals surface area contributed by atoms with E-state index >= 15 is 0 Å². The summed E-state index contributed by atoms with van der Waals surface area (Å²) in [5, 5.41) is 0. The van der Waals surface area contributed by atoms with Gasteiger partial charge in [-0.1, -0.05) is 79.4 Å². The maximum atomic E-state index is 12.8. The predicted molar refractivity (Wildman–Crippen MR) is 123 cm³/mol. The molecular weight excluding hydrogens is 356 g/mol. The third-order valence-corrected chi connectivity index (χ3v) is 7.25. The Morgan fingerprint density at radius 3 is 2.00 bits per heavy atom. The molecule has 1 fully saturated rings. The van der Waals surface area contributed by atoms with Gasteiger partial charge in [0.15, 0.2) is 0 Å². The van der Waals surface area contributed by atoms with Crippen molar-refractivity contribution in [2.45, 2.75) is 112 Å². The maximum Gasteiger partial charge on any atom is 0.338 e. The highest BCUT2D eigenvalue weighted by Gasteiger charge is 2.35. The largest absolute Gasteiger partial charge is 0.456 e. The van der Waals surface area contributed by atoms with Crippen molar-refractivity contribution in [3.63, 3.8) is 0 Å². The lowest BCUT2D eigenvalue weighted by Gasteiger charge is -2.37. The zero-order valence-electron chi connectivity index (χ0n) is 20.2. The van der Waals surface area contributed by atoms with Gasteiger partial charge in [0.05, 0.1) is 5.56 Å². The van der Waals surface area contributed by atoms with E-state index in [1.165, 1.54) is 44.1 Å². The van der Waals surface area contributed by atoms with Gasteiger partial charge in [0, 0.05) is 0 Å². The van der Waals surface area contributed by atoms with Crippen LogP contribution >= 0.6 is 0 Å². The first-order valence-corrected chi connectivity index (χ1v) is 11.7. The summed E-state index contributed by atoms with van der Waals surface area (Å²) in [6, 6.07) is 8.22. The van der Waals surface area contributed by atoms with E-state index in [1.807, 2.05) is 12.1 Å². The standard InChI is InChI=1S/C27H44O2/c1-9-26(5,6)19-23(25(2,3)4)20-15-17-21(18-16-20)24(28)29-27(7,8)22-13-11-10-12-14-22/h15-18,22-23H,9-14,19H2,1-8H3. The zero-order chi connectivity index (χ0) is 21.9. The molecule has 2 heteroatoms. The van der Waals surface area contributed by atoms with Crippen LogP contribution in [0.1, 0.15) is 122 Å². The topological polar surface area (TPSA) is 26.3 Å². The van der Waals surface area contributed by atoms with Gasteiger partial charge in [-0.15, -0.1) is 0 Å². The lowest BCUT2D eigenvalue weighted by molar-refractivity contribution is -0.0384. The molecule has 29 heavy (non-hydrogen) atoms. The number of carbonyl (C=O) groups excluding carboxylic acids is 1. The van der Waals surface area contributed by atoms with Gasteiger partial charge >= 0.3 is 5.97 Å². The average Bonchev–Trinajstić information content (AvgIpc) is 2.66. The third kappa shape index (κ3) is 6.59. The van der Waals surface area contributed by atoms with Crippen LogP contribution in [0, 0.1) is 16.7 Å². The summed E-state index contributed by atoms with van der Waals surface area (Å²) in [4.78, 5) is 12.8. The van der Waals surface area contributed by atoms with Gasteiger partial charge < -0.3 is 4.74 Å². The summed E-state index contributed by atoms with van der Waals surface area (Å²) in [7, 11) is 0. The van der Waals surface area contributed by atoms with E-state index in [1.54, 1.807) is 0 Å². The Morgan fingerprint density at radius 1 is 0.966 bits per heavy atom. The normalized spacial score (nSPS) is 17.8. The van der Waals surface area contributed by atoms with E-state index in [4.69, 9.17) is 4.74 Å². The molecule has 1 unspecified atom stereocenters. The van der Waals surface area contributed by atoms with E-state index < -0.39 is 5.60 Å². The minimum atomic E-state index is -0.394. The molecule has 1 aromatic rings. The number of carbonyl (C=O) groups is 1. The summed E-state index contributed by atoms with van der Waals surface area (Å²) in [5.41, 5.74) is 2.08. The number of esters is 1. The Bertz CT molecular complexity index is 655. The lowest BCUT2D eigenvalue weighted by Crippen LogP contribution is -2.37. The van der Waals surface area contributed by atoms with Crippen LogP contribution in [0.15, 0.2) is 24.3 Å². The quantitative estimate of drug-likeness (QED) is 0.431. The van der Waals surface area contributed by atoms with Crippen molar-refractivity contribution in [3.8, 4) is 0 Å². The summed E-state index contributed by atoms with van der Waals surface area (Å²) in [6.07, 6.45) is 8.46. The summed E-state index contributed by atoms with van der Waals surface area (Å²) in [5.74, 6) is 0.746. The van der Waals surface area contributed by atoms with Gasteiger partial charge in [-0.2, -0.15) is 0 Å². The van der Waals surface area contributed by atoms with Crippen molar-refractivity contribution in [3.05, 3.63) is 35.4 Å². The second kappa shape index (κ2) is 9.23. The van der Waals surface area contributed by atoms with Crippen molar-refractivity contribution in [1.29, 1.82) is 0 Å². The van der Waals surface area contributed by atoms with Crippen LogP contribution in [0.4, 0.5) is 0 Å². The van der Waals surface area contributed by atoms with Crippen LogP contribution in [0.2, 0.25) is 0 Å². The Kier molecular flexibility index (Phi) is 7.63. The van der Waals surface area contributed by atoms with Crippen LogP contribution in [-0.4, -0.2) is 11.6 Å². The molecule has 1 aliphatic carbocycles. The Balaban J connectivity index is 2.13. The first-order chi connectivity index (χ1) is 13.4. The van der Waals surface area contributed by atoms with Crippen LogP contribution in [0.25, 0.3) is 0 Å². The van der Waals surface area contributed by atoms with Gasteiger partial charge in [0.25, 0.3) is 0 Å². The van der Waals surface area contributed by atoms with Crippen molar-refractivity contribution >= 4 is 5.97 Å². The van der Waals surface area contributed by atoms with Crippen molar-refractivity contribution in [1.82, 2.24) is 0 Å². The first kappa shape index (κ1) is 24.0. The Labute approximate surface area is 179 Å². The molecule has 0 amide bonds.